The van der Waals surface area contributed by atoms with Crippen LogP contribution in [0.3, 0.4) is 0 Å². The quantitative estimate of drug-likeness (QED) is 0.542. The van der Waals surface area contributed by atoms with Gasteiger partial charge < -0.3 is 10.3 Å². The summed E-state index contributed by atoms with van der Waals surface area (Å²) < 4.78 is 0. The molecule has 4 rings (SSSR count). The lowest BCUT2D eigenvalue weighted by molar-refractivity contribution is -0.115. The van der Waals surface area contributed by atoms with Crippen LogP contribution in [0.5, 0.6) is 0 Å². The molecule has 5 nitrogen and oxygen atoms in total. The van der Waals surface area contributed by atoms with Gasteiger partial charge in [-0.3, -0.25) is 9.89 Å². The zero-order chi connectivity index (χ0) is 14.9. The Hall–Kier alpha value is -3.08. The van der Waals surface area contributed by atoms with Gasteiger partial charge in [0.15, 0.2) is 0 Å². The van der Waals surface area contributed by atoms with Crippen molar-refractivity contribution >= 4 is 33.4 Å². The van der Waals surface area contributed by atoms with E-state index in [1.165, 1.54) is 0 Å². The number of para-hydroxylation sites is 2. The second kappa shape index (κ2) is 5.04. The first kappa shape index (κ1) is 12.6. The minimum atomic E-state index is -0.0492. The van der Waals surface area contributed by atoms with Crippen LogP contribution < -0.4 is 5.32 Å². The minimum Gasteiger partial charge on any atom is -0.361 e. The van der Waals surface area contributed by atoms with Crippen LogP contribution >= 0.6 is 0 Å². The summed E-state index contributed by atoms with van der Waals surface area (Å²) in [5, 5.41) is 11.9. The van der Waals surface area contributed by atoms with Crippen LogP contribution in [-0.4, -0.2) is 21.1 Å². The standard InChI is InChI=1S/C17H14N4O/c22-16(8-12-9-18-14-6-2-1-5-13(12)14)20-15-7-3-4-11-10-19-21-17(11)15/h1-7,9-10,18H,8H2,(H,19,21)(H,20,22). The van der Waals surface area contributed by atoms with Gasteiger partial charge in [-0.25, -0.2) is 0 Å². The minimum absolute atomic E-state index is 0.0492. The molecule has 3 N–H and O–H groups in total. The summed E-state index contributed by atoms with van der Waals surface area (Å²) in [5.41, 5.74) is 3.63. The molecular weight excluding hydrogens is 276 g/mol. The lowest BCUT2D eigenvalue weighted by Gasteiger charge is -2.06. The fraction of sp³-hybridized carbons (Fsp3) is 0.0588. The molecular formula is C17H14N4O. The monoisotopic (exact) mass is 290 g/mol. The number of hydrogen-bond acceptors (Lipinski definition) is 2. The number of nitrogens with zero attached hydrogens (tertiary/aromatic N) is 1. The van der Waals surface area contributed by atoms with E-state index in [2.05, 4.69) is 20.5 Å². The number of carbonyl (C=O) groups excluding carboxylic acids is 1. The first-order chi connectivity index (χ1) is 10.8. The third-order valence-electron chi connectivity index (χ3n) is 3.78. The number of H-pyrrole nitrogens is 2. The van der Waals surface area contributed by atoms with E-state index in [-0.39, 0.29) is 5.91 Å². The highest BCUT2D eigenvalue weighted by Crippen LogP contribution is 2.22. The van der Waals surface area contributed by atoms with Gasteiger partial charge in [-0.15, -0.1) is 0 Å². The Morgan fingerprint density at radius 1 is 1.14 bits per heavy atom. The number of carbonyl (C=O) groups is 1. The summed E-state index contributed by atoms with van der Waals surface area (Å²) >= 11 is 0. The van der Waals surface area contributed by atoms with Gasteiger partial charge in [-0.05, 0) is 17.7 Å². The predicted octanol–water partition coefficient (Wildman–Crippen LogP) is 3.23. The van der Waals surface area contributed by atoms with Crippen molar-refractivity contribution in [1.29, 1.82) is 0 Å². The fourth-order valence-corrected chi connectivity index (χ4v) is 2.72. The van der Waals surface area contributed by atoms with Crippen molar-refractivity contribution < 1.29 is 4.79 Å². The third kappa shape index (κ3) is 2.13. The lowest BCUT2D eigenvalue weighted by Crippen LogP contribution is -2.14. The molecule has 0 spiro atoms. The Kier molecular flexibility index (Phi) is 2.89. The second-order valence-corrected chi connectivity index (χ2v) is 5.22. The molecule has 0 radical (unpaired) electrons. The molecule has 2 heterocycles. The average Bonchev–Trinajstić information content (AvgIpc) is 3.15. The van der Waals surface area contributed by atoms with Crippen molar-refractivity contribution in [3.8, 4) is 0 Å². The molecule has 4 aromatic rings. The maximum atomic E-state index is 12.3. The Bertz CT molecular complexity index is 967. The molecule has 108 valence electrons. The average molecular weight is 290 g/mol. The van der Waals surface area contributed by atoms with Crippen LogP contribution in [-0.2, 0) is 11.2 Å². The zero-order valence-corrected chi connectivity index (χ0v) is 11.8. The molecule has 2 aromatic heterocycles. The molecule has 0 aliphatic heterocycles. The SMILES string of the molecule is O=C(Cc1c[nH]c2ccccc12)Nc1cccc2cn[nH]c12. The summed E-state index contributed by atoms with van der Waals surface area (Å²) in [4.78, 5) is 15.5. The number of fused-ring (bicyclic) bond motifs is 2. The number of amides is 1. The number of aromatic nitrogens is 3. The molecule has 0 aliphatic rings. The summed E-state index contributed by atoms with van der Waals surface area (Å²) in [6.45, 7) is 0. The molecule has 0 bridgehead atoms. The van der Waals surface area contributed by atoms with E-state index >= 15 is 0 Å². The van der Waals surface area contributed by atoms with E-state index in [1.54, 1.807) is 6.20 Å². The molecule has 0 atom stereocenters. The Labute approximate surface area is 126 Å². The maximum Gasteiger partial charge on any atom is 0.228 e. The van der Waals surface area contributed by atoms with Gasteiger partial charge in [0.2, 0.25) is 5.91 Å². The molecule has 2 aromatic carbocycles. The highest BCUT2D eigenvalue weighted by atomic mass is 16.1. The summed E-state index contributed by atoms with van der Waals surface area (Å²) in [6.07, 6.45) is 3.96. The second-order valence-electron chi connectivity index (χ2n) is 5.22. The van der Waals surface area contributed by atoms with Crippen LogP contribution in [0, 0.1) is 0 Å². The summed E-state index contributed by atoms with van der Waals surface area (Å²) in [7, 11) is 0. The van der Waals surface area contributed by atoms with Gasteiger partial charge >= 0.3 is 0 Å². The summed E-state index contributed by atoms with van der Waals surface area (Å²) in [6, 6.07) is 13.7. The molecule has 1 amide bonds. The Balaban J connectivity index is 1.59. The van der Waals surface area contributed by atoms with E-state index in [0.717, 1.165) is 33.1 Å². The van der Waals surface area contributed by atoms with Gasteiger partial charge in [0.25, 0.3) is 0 Å². The predicted molar refractivity (Wildman–Crippen MR) is 86.7 cm³/mol. The fourth-order valence-electron chi connectivity index (χ4n) is 2.72. The zero-order valence-electron chi connectivity index (χ0n) is 11.8. The van der Waals surface area contributed by atoms with Crippen LogP contribution in [0.15, 0.2) is 54.9 Å². The molecule has 0 fully saturated rings. The Morgan fingerprint density at radius 2 is 2.05 bits per heavy atom. The van der Waals surface area contributed by atoms with Crippen LogP contribution in [0.25, 0.3) is 21.8 Å². The first-order valence-electron chi connectivity index (χ1n) is 7.08. The molecule has 0 saturated carbocycles. The number of rotatable bonds is 3. The van der Waals surface area contributed by atoms with Crippen molar-refractivity contribution in [3.05, 3.63) is 60.4 Å². The van der Waals surface area contributed by atoms with E-state index in [4.69, 9.17) is 0 Å². The highest BCUT2D eigenvalue weighted by molar-refractivity contribution is 6.02. The van der Waals surface area contributed by atoms with Crippen LogP contribution in [0.2, 0.25) is 0 Å². The number of aromatic amines is 2. The number of benzene rings is 2. The topological polar surface area (TPSA) is 73.6 Å². The Morgan fingerprint density at radius 3 is 3.00 bits per heavy atom. The van der Waals surface area contributed by atoms with E-state index in [0.29, 0.717) is 6.42 Å². The van der Waals surface area contributed by atoms with E-state index < -0.39 is 0 Å². The van der Waals surface area contributed by atoms with Crippen molar-refractivity contribution in [1.82, 2.24) is 15.2 Å². The van der Waals surface area contributed by atoms with Crippen LogP contribution in [0.1, 0.15) is 5.56 Å². The largest absolute Gasteiger partial charge is 0.361 e. The summed E-state index contributed by atoms with van der Waals surface area (Å²) in [5.74, 6) is -0.0492. The molecule has 22 heavy (non-hydrogen) atoms. The van der Waals surface area contributed by atoms with E-state index in [1.807, 2.05) is 48.7 Å². The first-order valence-corrected chi connectivity index (χ1v) is 7.08. The lowest BCUT2D eigenvalue weighted by atomic mass is 10.1. The molecule has 5 heteroatoms. The number of hydrogen-bond donors (Lipinski definition) is 3. The van der Waals surface area contributed by atoms with Gasteiger partial charge in [-0.2, -0.15) is 5.10 Å². The third-order valence-corrected chi connectivity index (χ3v) is 3.78. The van der Waals surface area contributed by atoms with Gasteiger partial charge in [0.05, 0.1) is 23.8 Å². The molecule has 0 aliphatic carbocycles. The maximum absolute atomic E-state index is 12.3. The van der Waals surface area contributed by atoms with Gasteiger partial charge in [0.1, 0.15) is 0 Å². The van der Waals surface area contributed by atoms with Crippen molar-refractivity contribution in [2.24, 2.45) is 0 Å². The normalized spacial score (nSPS) is 11.1. The smallest absolute Gasteiger partial charge is 0.228 e. The van der Waals surface area contributed by atoms with E-state index in [9.17, 15) is 4.79 Å². The number of anilines is 1. The highest BCUT2D eigenvalue weighted by Gasteiger charge is 2.10. The van der Waals surface area contributed by atoms with Gasteiger partial charge in [0, 0.05) is 22.5 Å². The molecule has 0 unspecified atom stereocenters. The number of nitrogens with one attached hydrogen (secondary N) is 3. The van der Waals surface area contributed by atoms with Crippen molar-refractivity contribution in [3.63, 3.8) is 0 Å². The van der Waals surface area contributed by atoms with Crippen molar-refractivity contribution in [2.75, 3.05) is 5.32 Å². The van der Waals surface area contributed by atoms with Crippen molar-refractivity contribution in [2.45, 2.75) is 6.42 Å². The molecule has 0 saturated heterocycles. The van der Waals surface area contributed by atoms with Gasteiger partial charge in [-0.1, -0.05) is 30.3 Å². The van der Waals surface area contributed by atoms with Crippen LogP contribution in [0.4, 0.5) is 5.69 Å².